The first-order chi connectivity index (χ1) is 16.5. The maximum atomic E-state index is 14.2. The number of carbonyl (C=O) groups excluding carboxylic acids is 1. The van der Waals surface area contributed by atoms with Gasteiger partial charge in [-0.25, -0.2) is 9.37 Å². The smallest absolute Gasteiger partial charge is 0.223 e. The molecule has 1 fully saturated rings. The first-order valence-corrected chi connectivity index (χ1v) is 11.8. The molecule has 0 saturated carbocycles. The minimum Gasteiger partial charge on any atom is -0.367 e. The fraction of sp³-hybridized carbons (Fsp3) is 0.259. The summed E-state index contributed by atoms with van der Waals surface area (Å²) in [5.74, 6) is -0.564. The maximum absolute atomic E-state index is 14.2. The van der Waals surface area contributed by atoms with Crippen molar-refractivity contribution in [3.8, 4) is 0 Å². The quantitative estimate of drug-likeness (QED) is 0.392. The molecule has 1 atom stereocenters. The number of hydrogen-bond acceptors (Lipinski definition) is 3. The summed E-state index contributed by atoms with van der Waals surface area (Å²) in [5, 5.41) is 0.719. The third-order valence-electron chi connectivity index (χ3n) is 6.56. The molecule has 2 aromatic heterocycles. The van der Waals surface area contributed by atoms with Crippen molar-refractivity contribution >= 4 is 28.8 Å². The minimum atomic E-state index is -0.311. The fourth-order valence-electron chi connectivity index (χ4n) is 4.80. The van der Waals surface area contributed by atoms with Gasteiger partial charge in [-0.1, -0.05) is 41.9 Å². The van der Waals surface area contributed by atoms with Crippen LogP contribution in [0.25, 0.3) is 5.65 Å². The zero-order valence-electron chi connectivity index (χ0n) is 19.0. The van der Waals surface area contributed by atoms with Crippen LogP contribution in [0.2, 0.25) is 5.02 Å². The van der Waals surface area contributed by atoms with Crippen LogP contribution in [0.15, 0.2) is 72.9 Å². The Morgan fingerprint density at radius 1 is 1.03 bits per heavy atom. The first-order valence-electron chi connectivity index (χ1n) is 11.5. The van der Waals surface area contributed by atoms with E-state index >= 15 is 0 Å². The summed E-state index contributed by atoms with van der Waals surface area (Å²) in [5.41, 5.74) is 4.49. The van der Waals surface area contributed by atoms with E-state index in [2.05, 4.69) is 14.3 Å². The lowest BCUT2D eigenvalue weighted by Crippen LogP contribution is -2.49. The summed E-state index contributed by atoms with van der Waals surface area (Å²) in [4.78, 5) is 22.1. The van der Waals surface area contributed by atoms with Crippen molar-refractivity contribution in [2.45, 2.75) is 19.3 Å². The van der Waals surface area contributed by atoms with Gasteiger partial charge in [0.2, 0.25) is 5.91 Å². The van der Waals surface area contributed by atoms with Crippen LogP contribution >= 0.6 is 11.6 Å². The highest BCUT2D eigenvalue weighted by atomic mass is 35.5. The zero-order chi connectivity index (χ0) is 23.7. The second-order valence-corrected chi connectivity index (χ2v) is 9.08. The number of benzene rings is 2. The van der Waals surface area contributed by atoms with Gasteiger partial charge in [0.1, 0.15) is 11.5 Å². The van der Waals surface area contributed by atoms with E-state index < -0.39 is 0 Å². The summed E-state index contributed by atoms with van der Waals surface area (Å²) >= 11 is 6.36. The van der Waals surface area contributed by atoms with Gasteiger partial charge in [-0.3, -0.25) is 4.79 Å². The number of nitrogens with zero attached hydrogens (tertiary/aromatic N) is 4. The molecule has 2 aromatic carbocycles. The van der Waals surface area contributed by atoms with Gasteiger partial charge in [-0.05, 0) is 48.9 Å². The minimum absolute atomic E-state index is 0.0524. The van der Waals surface area contributed by atoms with Crippen LogP contribution in [0.5, 0.6) is 0 Å². The monoisotopic (exact) mass is 476 g/mol. The molecule has 1 unspecified atom stereocenters. The Morgan fingerprint density at radius 2 is 1.79 bits per heavy atom. The molecule has 5 rings (SSSR count). The lowest BCUT2D eigenvalue weighted by molar-refractivity contribution is -0.131. The lowest BCUT2D eigenvalue weighted by atomic mass is 9.91. The molecule has 1 amide bonds. The van der Waals surface area contributed by atoms with Gasteiger partial charge >= 0.3 is 0 Å². The molecule has 3 heterocycles. The number of fused-ring (bicyclic) bond motifs is 1. The predicted molar refractivity (Wildman–Crippen MR) is 133 cm³/mol. The fourth-order valence-corrected chi connectivity index (χ4v) is 5.06. The summed E-state index contributed by atoms with van der Waals surface area (Å²) in [6, 6.07) is 20.2. The number of halogens is 2. The second-order valence-electron chi connectivity index (χ2n) is 8.67. The van der Waals surface area contributed by atoms with E-state index in [1.807, 2.05) is 60.4 Å². The number of amides is 1. The van der Waals surface area contributed by atoms with E-state index in [0.717, 1.165) is 46.4 Å². The van der Waals surface area contributed by atoms with Crippen molar-refractivity contribution < 1.29 is 9.18 Å². The molecule has 0 aliphatic carbocycles. The summed E-state index contributed by atoms with van der Waals surface area (Å²) in [7, 11) is 0. The Labute approximate surface area is 203 Å². The van der Waals surface area contributed by atoms with Crippen LogP contribution in [0.3, 0.4) is 0 Å². The third kappa shape index (κ3) is 4.38. The molecular weight excluding hydrogens is 451 g/mol. The molecular formula is C27H26ClFN4O. The number of para-hydroxylation sites is 1. The molecule has 1 aliphatic rings. The van der Waals surface area contributed by atoms with Gasteiger partial charge in [-0.2, -0.15) is 0 Å². The molecule has 7 heteroatoms. The Hall–Kier alpha value is -3.38. The van der Waals surface area contributed by atoms with Crippen molar-refractivity contribution in [2.24, 2.45) is 0 Å². The Balaban J connectivity index is 1.39. The molecule has 0 spiro atoms. The lowest BCUT2D eigenvalue weighted by Gasteiger charge is -2.37. The van der Waals surface area contributed by atoms with Gasteiger partial charge < -0.3 is 14.2 Å². The highest BCUT2D eigenvalue weighted by Gasteiger charge is 2.28. The Kier molecular flexibility index (Phi) is 6.24. The van der Waals surface area contributed by atoms with Crippen molar-refractivity contribution in [1.29, 1.82) is 0 Å². The molecule has 0 radical (unpaired) electrons. The molecule has 0 bridgehead atoms. The molecule has 0 N–H and O–H groups in total. The summed E-state index contributed by atoms with van der Waals surface area (Å²) in [6.07, 6.45) is 2.05. The molecule has 1 saturated heterocycles. The van der Waals surface area contributed by atoms with Crippen molar-refractivity contribution in [1.82, 2.24) is 14.3 Å². The Morgan fingerprint density at radius 3 is 2.56 bits per heavy atom. The molecule has 4 aromatic rings. The highest BCUT2D eigenvalue weighted by molar-refractivity contribution is 6.33. The number of aryl methyl sites for hydroxylation is 1. The van der Waals surface area contributed by atoms with Crippen molar-refractivity contribution in [3.05, 3.63) is 101 Å². The Bertz CT molecular complexity index is 1330. The first kappa shape index (κ1) is 22.4. The van der Waals surface area contributed by atoms with Crippen LogP contribution in [0.4, 0.5) is 10.1 Å². The van der Waals surface area contributed by atoms with E-state index in [4.69, 9.17) is 11.6 Å². The van der Waals surface area contributed by atoms with Crippen LogP contribution in [0.1, 0.15) is 29.3 Å². The number of anilines is 1. The second kappa shape index (κ2) is 9.47. The van der Waals surface area contributed by atoms with Crippen molar-refractivity contribution in [2.75, 3.05) is 31.1 Å². The standard InChI is InChI=1S/C27H26ClFN4O/c1-19-6-4-11-26-30-18-25(33(19)26)22(20-7-5-8-21(29)16-20)17-27(34)32-14-12-31(13-15-32)24-10-3-2-9-23(24)28/h2-11,16,18,22H,12-15,17H2,1H3. The molecule has 174 valence electrons. The molecule has 1 aliphatic heterocycles. The SMILES string of the molecule is Cc1cccc2ncc(C(CC(=O)N3CCN(c4ccccc4Cl)CC3)c3cccc(F)c3)n12. The van der Waals surface area contributed by atoms with Crippen LogP contribution < -0.4 is 4.90 Å². The number of pyridine rings is 1. The third-order valence-corrected chi connectivity index (χ3v) is 6.88. The average molecular weight is 477 g/mol. The van der Waals surface area contributed by atoms with Gasteiger partial charge in [0, 0.05) is 50.4 Å². The van der Waals surface area contributed by atoms with Crippen LogP contribution in [-0.2, 0) is 4.79 Å². The zero-order valence-corrected chi connectivity index (χ0v) is 19.8. The highest BCUT2D eigenvalue weighted by Crippen LogP contribution is 2.31. The van der Waals surface area contributed by atoms with Crippen LogP contribution in [-0.4, -0.2) is 46.4 Å². The number of carbonyl (C=O) groups is 1. The molecule has 5 nitrogen and oxygen atoms in total. The maximum Gasteiger partial charge on any atom is 0.223 e. The van der Waals surface area contributed by atoms with Gasteiger partial charge in [0.05, 0.1) is 16.4 Å². The number of imidazole rings is 1. The van der Waals surface area contributed by atoms with Gasteiger partial charge in [0.15, 0.2) is 0 Å². The summed E-state index contributed by atoms with van der Waals surface area (Å²) < 4.78 is 16.2. The van der Waals surface area contributed by atoms with Gasteiger partial charge in [0.25, 0.3) is 0 Å². The molecule has 34 heavy (non-hydrogen) atoms. The average Bonchev–Trinajstić information content (AvgIpc) is 3.28. The number of rotatable bonds is 5. The van der Waals surface area contributed by atoms with E-state index in [-0.39, 0.29) is 24.1 Å². The van der Waals surface area contributed by atoms with E-state index in [9.17, 15) is 9.18 Å². The number of aromatic nitrogens is 2. The van der Waals surface area contributed by atoms with Crippen LogP contribution in [0, 0.1) is 12.7 Å². The predicted octanol–water partition coefficient (Wildman–Crippen LogP) is 5.31. The number of piperazine rings is 1. The normalized spacial score (nSPS) is 15.0. The van der Waals surface area contributed by atoms with E-state index in [1.54, 1.807) is 12.3 Å². The largest absolute Gasteiger partial charge is 0.367 e. The van der Waals surface area contributed by atoms with E-state index in [1.165, 1.54) is 12.1 Å². The topological polar surface area (TPSA) is 40.9 Å². The van der Waals surface area contributed by atoms with Gasteiger partial charge in [-0.15, -0.1) is 0 Å². The van der Waals surface area contributed by atoms with E-state index in [0.29, 0.717) is 13.1 Å². The summed E-state index contributed by atoms with van der Waals surface area (Å²) in [6.45, 7) is 4.68. The van der Waals surface area contributed by atoms with Crippen molar-refractivity contribution in [3.63, 3.8) is 0 Å². The number of hydrogen-bond donors (Lipinski definition) is 0.